The minimum atomic E-state index is -3.22. The minimum Gasteiger partial charge on any atom is -0.431 e. The summed E-state index contributed by atoms with van der Waals surface area (Å²) in [5.74, 6) is -3.27. The van der Waals surface area contributed by atoms with Crippen LogP contribution in [0.4, 0.5) is 0 Å². The molecular weight excluding hydrogens is 544 g/mol. The summed E-state index contributed by atoms with van der Waals surface area (Å²) < 4.78 is 18.3. The van der Waals surface area contributed by atoms with Gasteiger partial charge in [-0.05, 0) is 141 Å². The zero-order valence-corrected chi connectivity index (χ0v) is 22.9. The highest BCUT2D eigenvalue weighted by Gasteiger charge is 2.50. The number of nitrogens with zero attached hydrogens (tertiary/aromatic N) is 3. The second-order valence-corrected chi connectivity index (χ2v) is 22.2. The number of hydrogen-bond donors (Lipinski definition) is 0. The quantitative estimate of drug-likeness (QED) is 0.328. The van der Waals surface area contributed by atoms with Gasteiger partial charge in [0.15, 0.2) is 0 Å². The molecule has 0 amide bonds. The maximum absolute atomic E-state index is 6.56. The van der Waals surface area contributed by atoms with Crippen molar-refractivity contribution in [1.29, 1.82) is 0 Å². The van der Waals surface area contributed by atoms with Crippen LogP contribution < -0.4 is 4.52 Å². The van der Waals surface area contributed by atoms with E-state index in [2.05, 4.69) is 32.6 Å². The molecule has 0 bridgehead atoms. The Balaban J connectivity index is 1.44. The van der Waals surface area contributed by atoms with E-state index in [4.69, 9.17) is 60.7 Å². The largest absolute Gasteiger partial charge is 0.431 e. The monoisotopic (exact) mass is 565 g/mol. The van der Waals surface area contributed by atoms with Crippen molar-refractivity contribution in [2.24, 2.45) is 30.8 Å². The molecule has 3 aliphatic carbocycles. The first-order valence-electron chi connectivity index (χ1n) is 10.2. The Morgan fingerprint density at radius 3 is 2.50 bits per heavy atom. The number of rotatable bonds is 2. The number of fused-ring (bicyclic) bond motifs is 5. The number of benzene rings is 1. The zero-order valence-electron chi connectivity index (χ0n) is 16.4. The van der Waals surface area contributed by atoms with Crippen LogP contribution in [0, 0.1) is 17.3 Å². The van der Waals surface area contributed by atoms with Crippen molar-refractivity contribution in [1.82, 2.24) is 0 Å². The fourth-order valence-electron chi connectivity index (χ4n) is 6.23. The first-order valence-corrected chi connectivity index (χ1v) is 19.7. The molecule has 12 heteroatoms. The van der Waals surface area contributed by atoms with E-state index >= 15 is 0 Å². The lowest BCUT2D eigenvalue weighted by Gasteiger charge is -2.49. The Kier molecular flexibility index (Phi) is 6.00. The topological polar surface area (TPSA) is 46.3 Å². The molecule has 2 fully saturated rings. The van der Waals surface area contributed by atoms with E-state index in [1.54, 1.807) is 0 Å². The lowest BCUT2D eigenvalue weighted by atomic mass is 9.56. The van der Waals surface area contributed by atoms with Gasteiger partial charge in [0.25, 0.3) is 11.8 Å². The van der Waals surface area contributed by atoms with E-state index in [9.17, 15) is 0 Å². The van der Waals surface area contributed by atoms with Gasteiger partial charge in [-0.2, -0.15) is 13.5 Å². The van der Waals surface area contributed by atoms with Crippen LogP contribution in [0.1, 0.15) is 62.5 Å². The Bertz CT molecular complexity index is 1060. The van der Waals surface area contributed by atoms with Crippen molar-refractivity contribution in [2.45, 2.75) is 57.8 Å². The maximum atomic E-state index is 6.56. The highest BCUT2D eigenvalue weighted by Crippen LogP contribution is 2.86. The standard InChI is InChI=1S/C18H23Cl5N3OP3/c1-18-9-2-3-17(18)16-6-4-12-11-13(5-7-14(12)15(16)8-10-18)27-30(23)25-28(19,20)24-29(21,22)26-30/h5,7,11,15-17H,2-4,6,8-10H2,1H3/t15-,16-,17+,18+/m1/s1. The Labute approximate surface area is 202 Å². The smallest absolute Gasteiger partial charge is 0.350 e. The van der Waals surface area contributed by atoms with E-state index < -0.39 is 18.6 Å². The molecule has 166 valence electrons. The number of halogens is 5. The Morgan fingerprint density at radius 2 is 1.73 bits per heavy atom. The average Bonchev–Trinajstić information content (AvgIpc) is 2.99. The molecule has 1 aliphatic heterocycles. The molecule has 5 rings (SSSR count). The van der Waals surface area contributed by atoms with Crippen molar-refractivity contribution in [3.63, 3.8) is 0 Å². The molecule has 1 aromatic rings. The van der Waals surface area contributed by atoms with Gasteiger partial charge in [0.05, 0.1) is 0 Å². The van der Waals surface area contributed by atoms with Crippen LogP contribution in [0.25, 0.3) is 0 Å². The molecule has 0 aromatic heterocycles. The van der Waals surface area contributed by atoms with Gasteiger partial charge in [0.1, 0.15) is 5.75 Å². The molecule has 0 saturated heterocycles. The normalized spacial score (nSPS) is 40.7. The third-order valence-electron chi connectivity index (χ3n) is 7.35. The summed E-state index contributed by atoms with van der Waals surface area (Å²) in [5.41, 5.74) is 3.36. The zero-order chi connectivity index (χ0) is 21.4. The summed E-state index contributed by atoms with van der Waals surface area (Å²) in [5, 5.41) is 0. The highest BCUT2D eigenvalue weighted by molar-refractivity contribution is 8.22. The first-order chi connectivity index (χ1) is 14.0. The van der Waals surface area contributed by atoms with Gasteiger partial charge in [-0.25, -0.2) is 0 Å². The fourth-order valence-corrected chi connectivity index (χ4v) is 22.8. The first kappa shape index (κ1) is 22.9. The molecule has 1 unspecified atom stereocenters. The molecule has 0 spiro atoms. The van der Waals surface area contributed by atoms with Crippen LogP contribution in [0.3, 0.4) is 0 Å². The Hall–Kier alpha value is 1.16. The van der Waals surface area contributed by atoms with Gasteiger partial charge >= 0.3 is 6.78 Å². The van der Waals surface area contributed by atoms with E-state index in [1.807, 2.05) is 6.07 Å². The summed E-state index contributed by atoms with van der Waals surface area (Å²) in [6.07, 6.45) is 9.10. The van der Waals surface area contributed by atoms with Crippen LogP contribution >= 0.6 is 74.8 Å². The van der Waals surface area contributed by atoms with Crippen LogP contribution in [-0.4, -0.2) is 0 Å². The molecular formula is C18H23Cl5N3OP3. The molecule has 1 heterocycles. The second kappa shape index (κ2) is 7.85. The van der Waals surface area contributed by atoms with Gasteiger partial charge in [0, 0.05) is 0 Å². The van der Waals surface area contributed by atoms with Gasteiger partial charge in [-0.1, -0.05) is 19.4 Å². The summed E-state index contributed by atoms with van der Waals surface area (Å²) >= 11 is 31.2. The van der Waals surface area contributed by atoms with Crippen molar-refractivity contribution < 1.29 is 4.52 Å². The number of aryl methyl sites for hydroxylation is 1. The molecule has 30 heavy (non-hydrogen) atoms. The molecule has 0 radical (unpaired) electrons. The predicted octanol–water partition coefficient (Wildman–Crippen LogP) is 11.4. The summed E-state index contributed by atoms with van der Waals surface area (Å²) in [7, 11) is 0. The predicted molar refractivity (Wildman–Crippen MR) is 134 cm³/mol. The van der Waals surface area contributed by atoms with E-state index in [1.165, 1.54) is 49.7 Å². The van der Waals surface area contributed by atoms with Gasteiger partial charge in [-0.3, -0.25) is 0 Å². The van der Waals surface area contributed by atoms with Crippen LogP contribution in [0.15, 0.2) is 31.7 Å². The van der Waals surface area contributed by atoms with Gasteiger partial charge in [-0.15, -0.1) is 0 Å². The van der Waals surface area contributed by atoms with Crippen molar-refractivity contribution in [3.05, 3.63) is 29.3 Å². The second-order valence-electron chi connectivity index (χ2n) is 9.11. The number of hydrogen-bond acceptors (Lipinski definition) is 4. The highest BCUT2D eigenvalue weighted by atomic mass is 35.9. The van der Waals surface area contributed by atoms with Crippen molar-refractivity contribution >= 4 is 74.8 Å². The summed E-state index contributed by atoms with van der Waals surface area (Å²) in [6.45, 7) is -0.696. The molecule has 4 nitrogen and oxygen atoms in total. The van der Waals surface area contributed by atoms with Crippen LogP contribution in [0.2, 0.25) is 0 Å². The van der Waals surface area contributed by atoms with Crippen molar-refractivity contribution in [3.8, 4) is 5.75 Å². The van der Waals surface area contributed by atoms with Gasteiger partial charge < -0.3 is 4.52 Å². The molecule has 2 saturated carbocycles. The maximum Gasteiger partial charge on any atom is 0.350 e. The third-order valence-corrected chi connectivity index (χ3v) is 19.3. The van der Waals surface area contributed by atoms with E-state index in [-0.39, 0.29) is 0 Å². The summed E-state index contributed by atoms with van der Waals surface area (Å²) in [4.78, 5) is 0. The molecule has 5 atom stereocenters. The molecule has 1 aromatic carbocycles. The Morgan fingerprint density at radius 1 is 0.967 bits per heavy atom. The SMILES string of the molecule is C[C@@]12CCC[C@H]1[C@@H]1CCc3cc(OP4(Cl)=NP(Cl)(Cl)=NP(Cl)(Cl)=N4)ccc3[C@H]1CC2. The minimum absolute atomic E-state index is 0.559. The van der Waals surface area contributed by atoms with Crippen LogP contribution in [0.5, 0.6) is 5.75 Å². The van der Waals surface area contributed by atoms with Gasteiger partial charge in [0.2, 0.25) is 0 Å². The lowest BCUT2D eigenvalue weighted by Crippen LogP contribution is -2.39. The van der Waals surface area contributed by atoms with Crippen molar-refractivity contribution in [2.75, 3.05) is 0 Å². The van der Waals surface area contributed by atoms with E-state index in [0.717, 1.165) is 18.3 Å². The van der Waals surface area contributed by atoms with Crippen LogP contribution in [-0.2, 0) is 6.42 Å². The van der Waals surface area contributed by atoms with E-state index in [0.29, 0.717) is 17.1 Å². The fraction of sp³-hybridized carbons (Fsp3) is 0.667. The lowest BCUT2D eigenvalue weighted by molar-refractivity contribution is 0.0598. The molecule has 4 aliphatic rings. The third kappa shape index (κ3) is 4.32. The summed E-state index contributed by atoms with van der Waals surface area (Å²) in [6, 6.07) is 6.22. The molecule has 0 N–H and O–H groups in total. The average molecular weight is 568 g/mol.